The Bertz CT molecular complexity index is 1930. The molecule has 4 heterocycles. The third kappa shape index (κ3) is 6.58. The highest BCUT2D eigenvalue weighted by atomic mass is 79.9. The van der Waals surface area contributed by atoms with Gasteiger partial charge in [0.15, 0.2) is 0 Å². The van der Waals surface area contributed by atoms with Gasteiger partial charge in [0.1, 0.15) is 24.2 Å². The van der Waals surface area contributed by atoms with Gasteiger partial charge in [-0.05, 0) is 74.4 Å². The number of nitrogens with one attached hydrogen (secondary N) is 2. The number of aromatic nitrogens is 6. The number of anilines is 5. The van der Waals surface area contributed by atoms with Gasteiger partial charge in [0, 0.05) is 62.6 Å². The Morgan fingerprint density at radius 2 is 1.78 bits per heavy atom. The molecule has 0 atom stereocenters. The van der Waals surface area contributed by atoms with Gasteiger partial charge in [0.25, 0.3) is 0 Å². The van der Waals surface area contributed by atoms with E-state index in [4.69, 9.17) is 14.7 Å². The number of halogens is 1. The first-order chi connectivity index (χ1) is 22.0. The third-order valence-electron chi connectivity index (χ3n) is 8.23. The minimum atomic E-state index is -2.76. The molecule has 0 aliphatic carbocycles. The molecule has 0 radical (unpaired) electrons. The van der Waals surface area contributed by atoms with E-state index in [0.717, 1.165) is 42.9 Å². The summed E-state index contributed by atoms with van der Waals surface area (Å²) in [5, 5.41) is 7.36. The first kappa shape index (κ1) is 31.9. The number of hydrogen-bond donors (Lipinski definition) is 2. The molecule has 1 aliphatic heterocycles. The predicted octanol–water partition coefficient (Wildman–Crippen LogP) is 5.86. The number of imidazole rings is 1. The molecule has 0 spiro atoms. The highest BCUT2D eigenvalue weighted by Crippen LogP contribution is 2.43. The van der Waals surface area contributed by atoms with Crippen LogP contribution in [-0.2, 0) is 11.6 Å². The van der Waals surface area contributed by atoms with Gasteiger partial charge in [-0.2, -0.15) is 4.98 Å². The normalized spacial score (nSPS) is 14.2. The van der Waals surface area contributed by atoms with Gasteiger partial charge < -0.3 is 34.3 Å². The van der Waals surface area contributed by atoms with Gasteiger partial charge in [0.2, 0.25) is 5.95 Å². The van der Waals surface area contributed by atoms with Crippen molar-refractivity contribution < 1.29 is 9.30 Å². The SMILES string of the molecule is COc1cc(N2CCC(N(C)C)CC2)c(-c2cn(C)cn2)cc1Nc1ncc(Br)c(Nc2ccc3nccnc3c2P(C)(C)=O)n1. The summed E-state index contributed by atoms with van der Waals surface area (Å²) in [7, 11) is 5.17. The van der Waals surface area contributed by atoms with Crippen molar-refractivity contribution in [2.75, 3.05) is 63.2 Å². The molecule has 1 saturated heterocycles. The van der Waals surface area contributed by atoms with Crippen LogP contribution >= 0.6 is 23.1 Å². The summed E-state index contributed by atoms with van der Waals surface area (Å²) < 4.78 is 21.9. The van der Waals surface area contributed by atoms with Gasteiger partial charge in [-0.25, -0.2) is 9.97 Å². The predicted molar refractivity (Wildman–Crippen MR) is 189 cm³/mol. The molecule has 6 rings (SSSR count). The van der Waals surface area contributed by atoms with Crippen LogP contribution in [0, 0.1) is 0 Å². The number of aryl methyl sites for hydroxylation is 1. The van der Waals surface area contributed by atoms with Crippen LogP contribution in [-0.4, -0.2) is 88.1 Å². The van der Waals surface area contributed by atoms with Crippen LogP contribution in [0.2, 0.25) is 0 Å². The van der Waals surface area contributed by atoms with Crippen LogP contribution in [0.15, 0.2) is 59.9 Å². The molecule has 12 nitrogen and oxygen atoms in total. The van der Waals surface area contributed by atoms with E-state index < -0.39 is 7.14 Å². The zero-order valence-corrected chi connectivity index (χ0v) is 29.3. The second-order valence-corrected chi connectivity index (χ2v) is 16.1. The van der Waals surface area contributed by atoms with Crippen molar-refractivity contribution in [2.24, 2.45) is 7.05 Å². The van der Waals surface area contributed by atoms with E-state index in [-0.39, 0.29) is 0 Å². The molecule has 2 aromatic carbocycles. The summed E-state index contributed by atoms with van der Waals surface area (Å²) in [4.78, 5) is 27.6. The Kier molecular flexibility index (Phi) is 9.00. The molecule has 1 aliphatic rings. The standard InChI is InChI=1S/C32H38BrN10O2P/c1-41(2)20-9-13-43(14-10-20)27-16-28(45-4)25(15-21(27)26-18-42(3)19-37-26)39-32-36-17-22(33)31(40-32)38-24-8-7-23-29(35-12-11-34-23)30(24)46(5,6)44/h7-8,11-12,15-20H,9-10,13-14H2,1-6H3,(H2,36,38,39,40). The topological polar surface area (TPSA) is 126 Å². The molecule has 3 aromatic heterocycles. The third-order valence-corrected chi connectivity index (χ3v) is 10.3. The Morgan fingerprint density at radius 3 is 2.46 bits per heavy atom. The maximum Gasteiger partial charge on any atom is 0.229 e. The molecule has 46 heavy (non-hydrogen) atoms. The van der Waals surface area contributed by atoms with E-state index in [0.29, 0.717) is 55.7 Å². The highest BCUT2D eigenvalue weighted by Gasteiger charge is 2.26. The molecule has 1 fully saturated rings. The average Bonchev–Trinajstić information content (AvgIpc) is 3.47. The lowest BCUT2D eigenvalue weighted by molar-refractivity contribution is 0.249. The summed E-state index contributed by atoms with van der Waals surface area (Å²) in [6.45, 7) is 5.33. The number of benzene rings is 2. The smallest absolute Gasteiger partial charge is 0.229 e. The number of nitrogens with zero attached hydrogens (tertiary/aromatic N) is 8. The molecule has 2 N–H and O–H groups in total. The summed E-state index contributed by atoms with van der Waals surface area (Å²) in [6, 6.07) is 8.40. The Morgan fingerprint density at radius 1 is 1.02 bits per heavy atom. The monoisotopic (exact) mass is 704 g/mol. The molecule has 14 heteroatoms. The minimum absolute atomic E-state index is 0.355. The van der Waals surface area contributed by atoms with Gasteiger partial charge >= 0.3 is 0 Å². The van der Waals surface area contributed by atoms with Crippen LogP contribution in [0.1, 0.15) is 12.8 Å². The van der Waals surface area contributed by atoms with Crippen molar-refractivity contribution in [3.63, 3.8) is 0 Å². The van der Waals surface area contributed by atoms with Crippen molar-refractivity contribution in [3.8, 4) is 17.0 Å². The fourth-order valence-electron chi connectivity index (χ4n) is 5.91. The van der Waals surface area contributed by atoms with Gasteiger partial charge in [-0.3, -0.25) is 9.97 Å². The maximum atomic E-state index is 13.5. The largest absolute Gasteiger partial charge is 0.494 e. The van der Waals surface area contributed by atoms with Crippen LogP contribution in [0.5, 0.6) is 5.75 Å². The van der Waals surface area contributed by atoms with Crippen LogP contribution < -0.4 is 25.6 Å². The lowest BCUT2D eigenvalue weighted by atomic mass is 10.0. The van der Waals surface area contributed by atoms with Gasteiger partial charge in [0.05, 0.1) is 51.5 Å². The number of piperidine rings is 1. The molecule has 5 aromatic rings. The lowest BCUT2D eigenvalue weighted by Gasteiger charge is -2.37. The number of hydrogen-bond acceptors (Lipinski definition) is 11. The zero-order chi connectivity index (χ0) is 32.6. The Balaban J connectivity index is 1.36. The molecule has 0 unspecified atom stereocenters. The summed E-state index contributed by atoms with van der Waals surface area (Å²) in [6.07, 6.45) is 10.9. The number of fused-ring (bicyclic) bond motifs is 1. The second kappa shape index (κ2) is 13.0. The number of ether oxygens (including phenoxy) is 1. The maximum absolute atomic E-state index is 13.5. The van der Waals surface area contributed by atoms with E-state index >= 15 is 0 Å². The molecule has 0 saturated carbocycles. The fraction of sp³-hybridized carbons (Fsp3) is 0.344. The highest BCUT2D eigenvalue weighted by molar-refractivity contribution is 9.10. The van der Waals surface area contributed by atoms with Crippen molar-refractivity contribution in [1.82, 2.24) is 34.4 Å². The van der Waals surface area contributed by atoms with Crippen molar-refractivity contribution >= 4 is 68.2 Å². The summed E-state index contributed by atoms with van der Waals surface area (Å²) in [5.41, 5.74) is 5.56. The molecule has 0 amide bonds. The quantitative estimate of drug-likeness (QED) is 0.179. The number of rotatable bonds is 9. The first-order valence-electron chi connectivity index (χ1n) is 15.0. The summed E-state index contributed by atoms with van der Waals surface area (Å²) >= 11 is 3.58. The van der Waals surface area contributed by atoms with E-state index in [1.807, 2.05) is 36.3 Å². The van der Waals surface area contributed by atoms with E-state index in [9.17, 15) is 4.57 Å². The number of methoxy groups -OCH3 is 1. The van der Waals surface area contributed by atoms with Crippen LogP contribution in [0.25, 0.3) is 22.3 Å². The zero-order valence-electron chi connectivity index (χ0n) is 26.8. The van der Waals surface area contributed by atoms with Crippen molar-refractivity contribution in [1.29, 1.82) is 0 Å². The Hall–Kier alpha value is -4.06. The van der Waals surface area contributed by atoms with E-state index in [1.54, 1.807) is 39.0 Å². The molecular weight excluding hydrogens is 667 g/mol. The van der Waals surface area contributed by atoms with Gasteiger partial charge in [-0.1, -0.05) is 0 Å². The molecule has 0 bridgehead atoms. The second-order valence-electron chi connectivity index (χ2n) is 12.1. The van der Waals surface area contributed by atoms with Crippen molar-refractivity contribution in [3.05, 3.63) is 59.9 Å². The summed E-state index contributed by atoms with van der Waals surface area (Å²) in [5.74, 6) is 1.52. The average molecular weight is 706 g/mol. The Labute approximate surface area is 277 Å². The van der Waals surface area contributed by atoms with Crippen LogP contribution in [0.4, 0.5) is 28.8 Å². The molecular formula is C32H38BrN10O2P. The first-order valence-corrected chi connectivity index (χ1v) is 18.4. The van der Waals surface area contributed by atoms with Gasteiger partial charge in [-0.15, -0.1) is 0 Å². The van der Waals surface area contributed by atoms with Crippen molar-refractivity contribution in [2.45, 2.75) is 18.9 Å². The van der Waals surface area contributed by atoms with E-state index in [2.05, 4.69) is 77.5 Å². The van der Waals surface area contributed by atoms with Crippen LogP contribution in [0.3, 0.4) is 0 Å². The fourth-order valence-corrected chi connectivity index (χ4v) is 7.59. The van der Waals surface area contributed by atoms with E-state index in [1.165, 1.54) is 0 Å². The molecule has 240 valence electrons. The minimum Gasteiger partial charge on any atom is -0.494 e. The lowest BCUT2D eigenvalue weighted by Crippen LogP contribution is -2.42.